The first-order valence-electron chi connectivity index (χ1n) is 6.00. The molecule has 0 saturated carbocycles. The molecule has 0 radical (unpaired) electrons. The molecule has 1 unspecified atom stereocenters. The SMILES string of the molecule is CC1=C(C(N)=O)C(c2cccc(Cl)c2)n2ncnc2N1. The highest BCUT2D eigenvalue weighted by molar-refractivity contribution is 6.30. The molecule has 2 heterocycles. The summed E-state index contributed by atoms with van der Waals surface area (Å²) in [5.74, 6) is 0.0681. The van der Waals surface area contributed by atoms with E-state index in [1.807, 2.05) is 12.1 Å². The summed E-state index contributed by atoms with van der Waals surface area (Å²) in [5, 5.41) is 7.78. The number of fused-ring (bicyclic) bond motifs is 1. The van der Waals surface area contributed by atoms with Gasteiger partial charge in [0.1, 0.15) is 12.4 Å². The van der Waals surface area contributed by atoms with Crippen LogP contribution in [0.3, 0.4) is 0 Å². The van der Waals surface area contributed by atoms with Crippen LogP contribution in [0.5, 0.6) is 0 Å². The van der Waals surface area contributed by atoms with Crippen LogP contribution in [0.4, 0.5) is 5.95 Å². The number of nitrogens with two attached hydrogens (primary N) is 1. The lowest BCUT2D eigenvalue weighted by Gasteiger charge is -2.27. The highest BCUT2D eigenvalue weighted by Gasteiger charge is 2.32. The van der Waals surface area contributed by atoms with Crippen molar-refractivity contribution in [2.24, 2.45) is 5.73 Å². The second-order valence-electron chi connectivity index (χ2n) is 4.51. The Bertz CT molecular complexity index is 721. The van der Waals surface area contributed by atoms with Crippen molar-refractivity contribution in [2.45, 2.75) is 13.0 Å². The number of hydrogen-bond donors (Lipinski definition) is 2. The number of carbonyl (C=O) groups excluding carboxylic acids is 1. The summed E-state index contributed by atoms with van der Waals surface area (Å²) in [4.78, 5) is 15.9. The second kappa shape index (κ2) is 4.64. The third kappa shape index (κ3) is 1.94. The summed E-state index contributed by atoms with van der Waals surface area (Å²) in [6.07, 6.45) is 1.43. The van der Waals surface area contributed by atoms with Gasteiger partial charge in [-0.15, -0.1) is 0 Å². The van der Waals surface area contributed by atoms with Crippen molar-refractivity contribution in [2.75, 3.05) is 5.32 Å². The van der Waals surface area contributed by atoms with Crippen LogP contribution >= 0.6 is 11.6 Å². The van der Waals surface area contributed by atoms with Gasteiger partial charge in [0.05, 0.1) is 5.57 Å². The fourth-order valence-electron chi connectivity index (χ4n) is 2.39. The Hall–Kier alpha value is -2.34. The normalized spacial score (nSPS) is 17.6. The minimum Gasteiger partial charge on any atom is -0.366 e. The number of carbonyl (C=O) groups is 1. The van der Waals surface area contributed by atoms with Crippen molar-refractivity contribution >= 4 is 23.5 Å². The minimum atomic E-state index is -0.499. The Balaban J connectivity index is 2.22. The largest absolute Gasteiger partial charge is 0.366 e. The van der Waals surface area contributed by atoms with Crippen LogP contribution in [0.2, 0.25) is 5.02 Å². The lowest BCUT2D eigenvalue weighted by atomic mass is 9.95. The first-order chi connectivity index (χ1) is 9.58. The quantitative estimate of drug-likeness (QED) is 0.881. The number of primary amides is 1. The maximum Gasteiger partial charge on any atom is 0.248 e. The van der Waals surface area contributed by atoms with E-state index in [0.717, 1.165) is 5.56 Å². The summed E-state index contributed by atoms with van der Waals surface area (Å²) in [5.41, 5.74) is 7.47. The topological polar surface area (TPSA) is 85.8 Å². The molecule has 3 rings (SSSR count). The van der Waals surface area contributed by atoms with E-state index in [0.29, 0.717) is 22.2 Å². The Labute approximate surface area is 120 Å². The van der Waals surface area contributed by atoms with E-state index >= 15 is 0 Å². The van der Waals surface area contributed by atoms with Crippen molar-refractivity contribution in [1.29, 1.82) is 0 Å². The van der Waals surface area contributed by atoms with E-state index in [9.17, 15) is 4.79 Å². The molecular weight excluding hydrogens is 278 g/mol. The molecule has 6 nitrogen and oxygen atoms in total. The van der Waals surface area contributed by atoms with Crippen molar-refractivity contribution in [1.82, 2.24) is 14.8 Å². The molecule has 1 aliphatic heterocycles. The molecular formula is C13H12ClN5O. The van der Waals surface area contributed by atoms with Crippen LogP contribution in [-0.4, -0.2) is 20.7 Å². The molecule has 0 fully saturated rings. The van der Waals surface area contributed by atoms with E-state index in [1.165, 1.54) is 6.33 Å². The van der Waals surface area contributed by atoms with E-state index < -0.39 is 11.9 Å². The summed E-state index contributed by atoms with van der Waals surface area (Å²) in [6, 6.07) is 6.84. The number of halogens is 1. The zero-order valence-corrected chi connectivity index (χ0v) is 11.4. The molecule has 7 heteroatoms. The number of anilines is 1. The standard InChI is InChI=1S/C13H12ClN5O/c1-7-10(12(15)20)11(8-3-2-4-9(14)5-8)19-13(18-7)16-6-17-19/h2-6,11H,1H3,(H2,15,20)(H,16,17,18). The molecule has 1 amide bonds. The zero-order valence-electron chi connectivity index (χ0n) is 10.7. The first kappa shape index (κ1) is 12.7. The molecule has 1 aromatic carbocycles. The molecule has 20 heavy (non-hydrogen) atoms. The summed E-state index contributed by atoms with van der Waals surface area (Å²) >= 11 is 6.04. The average Bonchev–Trinajstić information content (AvgIpc) is 2.84. The molecule has 0 saturated heterocycles. The number of amides is 1. The Kier molecular flexibility index (Phi) is 2.94. The van der Waals surface area contributed by atoms with Crippen LogP contribution < -0.4 is 11.1 Å². The number of nitrogens with zero attached hydrogens (tertiary/aromatic N) is 3. The summed E-state index contributed by atoms with van der Waals surface area (Å²) in [7, 11) is 0. The molecule has 0 aliphatic carbocycles. The van der Waals surface area contributed by atoms with Gasteiger partial charge in [-0.2, -0.15) is 10.1 Å². The molecule has 1 aliphatic rings. The zero-order chi connectivity index (χ0) is 14.3. The lowest BCUT2D eigenvalue weighted by Crippen LogP contribution is -2.31. The van der Waals surface area contributed by atoms with E-state index in [1.54, 1.807) is 23.7 Å². The van der Waals surface area contributed by atoms with Gasteiger partial charge in [0.2, 0.25) is 11.9 Å². The number of aromatic nitrogens is 3. The predicted octanol–water partition coefficient (Wildman–Crippen LogP) is 1.71. The molecule has 1 atom stereocenters. The van der Waals surface area contributed by atoms with Crippen molar-refractivity contribution in [3.63, 3.8) is 0 Å². The monoisotopic (exact) mass is 289 g/mol. The van der Waals surface area contributed by atoms with Gasteiger partial charge in [0.25, 0.3) is 0 Å². The maximum absolute atomic E-state index is 11.8. The van der Waals surface area contributed by atoms with Crippen LogP contribution in [0.15, 0.2) is 41.9 Å². The van der Waals surface area contributed by atoms with Gasteiger partial charge in [0, 0.05) is 10.7 Å². The third-order valence-corrected chi connectivity index (χ3v) is 3.46. The fourth-order valence-corrected chi connectivity index (χ4v) is 2.59. The molecule has 1 aromatic heterocycles. The first-order valence-corrected chi connectivity index (χ1v) is 6.38. The highest BCUT2D eigenvalue weighted by atomic mass is 35.5. The number of benzene rings is 1. The Morgan fingerprint density at radius 3 is 3.00 bits per heavy atom. The van der Waals surface area contributed by atoms with Gasteiger partial charge in [-0.25, -0.2) is 4.68 Å². The lowest BCUT2D eigenvalue weighted by molar-refractivity contribution is -0.115. The number of nitrogens with one attached hydrogen (secondary N) is 1. The Morgan fingerprint density at radius 2 is 2.30 bits per heavy atom. The van der Waals surface area contributed by atoms with Gasteiger partial charge >= 0.3 is 0 Å². The van der Waals surface area contributed by atoms with Crippen LogP contribution in [0.1, 0.15) is 18.5 Å². The molecule has 0 spiro atoms. The van der Waals surface area contributed by atoms with Crippen LogP contribution in [0, 0.1) is 0 Å². The predicted molar refractivity (Wildman–Crippen MR) is 75.1 cm³/mol. The average molecular weight is 290 g/mol. The number of allylic oxidation sites excluding steroid dienone is 1. The van der Waals surface area contributed by atoms with Gasteiger partial charge in [-0.3, -0.25) is 4.79 Å². The van der Waals surface area contributed by atoms with Crippen LogP contribution in [0.25, 0.3) is 0 Å². The summed E-state index contributed by atoms with van der Waals surface area (Å²) < 4.78 is 1.62. The van der Waals surface area contributed by atoms with Gasteiger partial charge in [0.15, 0.2) is 0 Å². The molecule has 2 aromatic rings. The molecule has 3 N–H and O–H groups in total. The molecule has 0 bridgehead atoms. The maximum atomic E-state index is 11.8. The highest BCUT2D eigenvalue weighted by Crippen LogP contribution is 2.34. The Morgan fingerprint density at radius 1 is 1.50 bits per heavy atom. The van der Waals surface area contributed by atoms with Crippen molar-refractivity contribution in [3.8, 4) is 0 Å². The summed E-state index contributed by atoms with van der Waals surface area (Å²) in [6.45, 7) is 1.79. The van der Waals surface area contributed by atoms with Crippen molar-refractivity contribution < 1.29 is 4.79 Å². The number of hydrogen-bond acceptors (Lipinski definition) is 4. The van der Waals surface area contributed by atoms with E-state index in [2.05, 4.69) is 15.4 Å². The van der Waals surface area contributed by atoms with Crippen LogP contribution in [-0.2, 0) is 4.79 Å². The van der Waals surface area contributed by atoms with Crippen molar-refractivity contribution in [3.05, 3.63) is 52.4 Å². The van der Waals surface area contributed by atoms with Gasteiger partial charge < -0.3 is 11.1 Å². The third-order valence-electron chi connectivity index (χ3n) is 3.22. The van der Waals surface area contributed by atoms with Gasteiger partial charge in [-0.1, -0.05) is 23.7 Å². The molecule has 102 valence electrons. The van der Waals surface area contributed by atoms with Gasteiger partial charge in [-0.05, 0) is 24.6 Å². The smallest absolute Gasteiger partial charge is 0.248 e. The fraction of sp³-hybridized carbons (Fsp3) is 0.154. The van der Waals surface area contributed by atoms with E-state index in [4.69, 9.17) is 17.3 Å². The minimum absolute atomic E-state index is 0.426. The second-order valence-corrected chi connectivity index (χ2v) is 4.95. The van der Waals surface area contributed by atoms with E-state index in [-0.39, 0.29) is 0 Å². The number of rotatable bonds is 2.